The molecule has 1 aromatic carbocycles. The number of nitrogens with one attached hydrogen (secondary N) is 1. The second-order valence-electron chi connectivity index (χ2n) is 5.24. The molecule has 124 valence electrons. The van der Waals surface area contributed by atoms with Crippen molar-refractivity contribution < 1.29 is 9.84 Å². The first kappa shape index (κ1) is 17.7. The second-order valence-corrected chi connectivity index (χ2v) is 7.47. The summed E-state index contributed by atoms with van der Waals surface area (Å²) in [6, 6.07) is 9.76. The number of rotatable bonds is 7. The Morgan fingerprint density at radius 1 is 1.26 bits per heavy atom. The summed E-state index contributed by atoms with van der Waals surface area (Å²) in [6.07, 6.45) is 0. The molecule has 1 heterocycles. The molecule has 0 spiro atoms. The van der Waals surface area contributed by atoms with E-state index in [0.29, 0.717) is 10.2 Å². The van der Waals surface area contributed by atoms with Gasteiger partial charge in [0.15, 0.2) is 0 Å². The molecule has 0 saturated carbocycles. The summed E-state index contributed by atoms with van der Waals surface area (Å²) < 4.78 is 8.55. The van der Waals surface area contributed by atoms with Gasteiger partial charge in [0, 0.05) is 0 Å². The van der Waals surface area contributed by atoms with E-state index in [1.165, 1.54) is 4.57 Å². The molecule has 2 aromatic rings. The Morgan fingerprint density at radius 2 is 1.96 bits per heavy atom. The van der Waals surface area contributed by atoms with Crippen molar-refractivity contribution in [2.45, 2.75) is 26.5 Å². The number of hydrogen-bond acceptors (Lipinski definition) is 4. The van der Waals surface area contributed by atoms with Gasteiger partial charge in [0.2, 0.25) is 0 Å². The fourth-order valence-electron chi connectivity index (χ4n) is 2.12. The fraction of sp³-hybridized carbons (Fsp3) is 0.375. The number of aliphatic hydroxyl groups excluding tert-OH is 1. The summed E-state index contributed by atoms with van der Waals surface area (Å²) in [5.41, 5.74) is -0.206. The number of nitrogens with zero attached hydrogens (tertiary/aromatic N) is 1. The zero-order chi connectivity index (χ0) is 16.8. The van der Waals surface area contributed by atoms with E-state index in [2.05, 4.69) is 4.98 Å². The van der Waals surface area contributed by atoms with Crippen LogP contribution in [0.2, 0.25) is 0 Å². The molecule has 23 heavy (non-hydrogen) atoms. The summed E-state index contributed by atoms with van der Waals surface area (Å²) in [7, 11) is 0. The van der Waals surface area contributed by atoms with Crippen LogP contribution in [0, 0.1) is 0 Å². The van der Waals surface area contributed by atoms with Crippen molar-refractivity contribution in [3.63, 3.8) is 0 Å². The number of hydrogen-bond donors (Lipinski definition) is 2. The van der Waals surface area contributed by atoms with Gasteiger partial charge in [-0.2, -0.15) is 0 Å². The van der Waals surface area contributed by atoms with E-state index in [4.69, 9.17) is 9.84 Å². The normalized spacial score (nSPS) is 11.1. The average molecular weight is 383 g/mol. The Balaban J connectivity index is 2.53. The van der Waals surface area contributed by atoms with Gasteiger partial charge >= 0.3 is 140 Å². The summed E-state index contributed by atoms with van der Waals surface area (Å²) in [5, 5.41) is 8.84. The van der Waals surface area contributed by atoms with E-state index in [1.54, 1.807) is 0 Å². The van der Waals surface area contributed by atoms with Gasteiger partial charge in [-0.1, -0.05) is 0 Å². The third-order valence-electron chi connectivity index (χ3n) is 3.18. The van der Waals surface area contributed by atoms with Crippen LogP contribution in [0.1, 0.15) is 25.3 Å². The number of ether oxygens (including phenoxy) is 1. The topological polar surface area (TPSA) is 84.3 Å². The van der Waals surface area contributed by atoms with Crippen LogP contribution in [0.25, 0.3) is 0 Å². The van der Waals surface area contributed by atoms with Crippen LogP contribution in [0.4, 0.5) is 0 Å². The second kappa shape index (κ2) is 8.26. The Kier molecular flexibility index (Phi) is 6.36. The predicted molar refractivity (Wildman–Crippen MR) is 89.9 cm³/mol. The number of aromatic amines is 1. The van der Waals surface area contributed by atoms with E-state index in [9.17, 15) is 9.59 Å². The maximum atomic E-state index is 12.2. The molecule has 0 saturated heterocycles. The quantitative estimate of drug-likeness (QED) is 0.488. The number of benzene rings is 1. The first-order valence-corrected chi connectivity index (χ1v) is 9.04. The molecule has 0 radical (unpaired) electrons. The first-order chi connectivity index (χ1) is 11.0. The van der Waals surface area contributed by atoms with Crippen LogP contribution < -0.4 is 20.3 Å². The number of aliphatic hydroxyl groups is 1. The Labute approximate surface area is 140 Å². The van der Waals surface area contributed by atoms with Crippen molar-refractivity contribution >= 4 is 24.0 Å². The van der Waals surface area contributed by atoms with Crippen molar-refractivity contribution in [1.82, 2.24) is 9.55 Å². The van der Waals surface area contributed by atoms with E-state index in [1.807, 2.05) is 44.2 Å². The van der Waals surface area contributed by atoms with Crippen LogP contribution in [-0.2, 0) is 11.5 Å². The molecule has 7 heteroatoms. The number of H-pyrrole nitrogens is 1. The van der Waals surface area contributed by atoms with Gasteiger partial charge < -0.3 is 0 Å². The van der Waals surface area contributed by atoms with Crippen molar-refractivity contribution in [3.05, 3.63) is 56.7 Å². The van der Waals surface area contributed by atoms with Crippen molar-refractivity contribution in [2.75, 3.05) is 13.2 Å². The monoisotopic (exact) mass is 384 g/mol. The molecule has 0 aliphatic heterocycles. The van der Waals surface area contributed by atoms with Gasteiger partial charge in [-0.25, -0.2) is 0 Å². The van der Waals surface area contributed by atoms with Crippen LogP contribution >= 0.6 is 0 Å². The molecule has 0 aliphatic carbocycles. The van der Waals surface area contributed by atoms with Crippen LogP contribution in [0.3, 0.4) is 0 Å². The fourth-order valence-corrected chi connectivity index (χ4v) is 4.64. The van der Waals surface area contributed by atoms with Gasteiger partial charge in [0.25, 0.3) is 0 Å². The van der Waals surface area contributed by atoms with Crippen molar-refractivity contribution in [2.24, 2.45) is 0 Å². The Morgan fingerprint density at radius 3 is 2.57 bits per heavy atom. The molecule has 2 rings (SSSR count). The zero-order valence-corrected chi connectivity index (χ0v) is 14.8. The molecule has 0 fully saturated rings. The van der Waals surface area contributed by atoms with E-state index in [-0.39, 0.29) is 46.4 Å². The molecule has 0 atom stereocenters. The average Bonchev–Trinajstić information content (AvgIpc) is 2.50. The molecule has 0 amide bonds. The van der Waals surface area contributed by atoms with Crippen LogP contribution in [0.5, 0.6) is 0 Å². The molecule has 0 bridgehead atoms. The molecule has 0 unspecified atom stereocenters. The SMILES string of the molecule is CC(C)c1c([Se]c2ccccc2)n(COCCO)c(=O)[nH]c1=O. The third-order valence-corrected chi connectivity index (χ3v) is 5.57. The minimum atomic E-state index is -0.481. The standard InChI is InChI=1S/C16H20N2O4Se/c1-11(2)13-14(20)17-16(21)18(10-22-9-8-19)15(13)23-12-6-4-3-5-7-12/h3-7,11,19H,8-10H2,1-2H3,(H,17,20,21). The van der Waals surface area contributed by atoms with Crippen LogP contribution in [0.15, 0.2) is 39.9 Å². The van der Waals surface area contributed by atoms with Gasteiger partial charge in [0.1, 0.15) is 0 Å². The van der Waals surface area contributed by atoms with Gasteiger partial charge in [-0.05, 0) is 0 Å². The third kappa shape index (κ3) is 4.42. The Hall–Kier alpha value is -1.66. The van der Waals surface area contributed by atoms with E-state index >= 15 is 0 Å². The van der Waals surface area contributed by atoms with E-state index < -0.39 is 5.69 Å². The first-order valence-electron chi connectivity index (χ1n) is 7.33. The summed E-state index contributed by atoms with van der Waals surface area (Å²) >= 11 is -0.198. The van der Waals surface area contributed by atoms with Crippen molar-refractivity contribution in [1.29, 1.82) is 0 Å². The van der Waals surface area contributed by atoms with Gasteiger partial charge in [0.05, 0.1) is 0 Å². The zero-order valence-electron chi connectivity index (χ0n) is 13.1. The molecule has 0 aliphatic rings. The summed E-state index contributed by atoms with van der Waals surface area (Å²) in [4.78, 5) is 26.8. The van der Waals surface area contributed by atoms with Gasteiger partial charge in [-0.15, -0.1) is 0 Å². The Bertz CT molecular complexity index is 753. The molecule has 6 nitrogen and oxygen atoms in total. The molecule has 2 N–H and O–H groups in total. The molecular weight excluding hydrogens is 363 g/mol. The molecule has 1 aromatic heterocycles. The van der Waals surface area contributed by atoms with Crippen LogP contribution in [-0.4, -0.2) is 42.8 Å². The van der Waals surface area contributed by atoms with Crippen molar-refractivity contribution in [3.8, 4) is 0 Å². The number of aromatic nitrogens is 2. The summed E-state index contributed by atoms with van der Waals surface area (Å²) in [5.74, 6) is -0.0102. The predicted octanol–water partition coefficient (Wildman–Crippen LogP) is -0.719. The maximum absolute atomic E-state index is 12.2. The molecular formula is C16H20N2O4Se. The summed E-state index contributed by atoms with van der Waals surface area (Å²) in [6.45, 7) is 3.89. The van der Waals surface area contributed by atoms with E-state index in [0.717, 1.165) is 4.46 Å². The minimum absolute atomic E-state index is 0.0102. The van der Waals surface area contributed by atoms with Gasteiger partial charge in [-0.3, -0.25) is 0 Å².